The molecule has 0 fully saturated rings. The first-order chi connectivity index (χ1) is 11.3. The van der Waals surface area contributed by atoms with Gasteiger partial charge in [0.1, 0.15) is 11.2 Å². The van der Waals surface area contributed by atoms with E-state index in [1.54, 1.807) is 26.8 Å². The van der Waals surface area contributed by atoms with Gasteiger partial charge in [-0.2, -0.15) is 0 Å². The molecule has 0 aliphatic rings. The molecule has 0 atom stereocenters. The first kappa shape index (κ1) is 17.3. The number of ether oxygens (including phenoxy) is 1. The van der Waals surface area contributed by atoms with Gasteiger partial charge in [0.25, 0.3) is 5.69 Å². The number of pyridine rings is 1. The van der Waals surface area contributed by atoms with Gasteiger partial charge in [0, 0.05) is 24.7 Å². The highest BCUT2D eigenvalue weighted by atomic mass is 16.6. The standard InChI is InChI=1S/C16H18N4O4/c1-16(2,3)24-15(21)17-7-5-4-6-11-8-12-13(20(22)23)10-19-14(12)18-9-11/h8-10H,5,7H2,1-3H3,(H,17,21)(H,18,19). The van der Waals surface area contributed by atoms with Gasteiger partial charge in [0.2, 0.25) is 0 Å². The summed E-state index contributed by atoms with van der Waals surface area (Å²) >= 11 is 0. The fourth-order valence-corrected chi connectivity index (χ4v) is 1.91. The van der Waals surface area contributed by atoms with E-state index in [-0.39, 0.29) is 5.69 Å². The van der Waals surface area contributed by atoms with Crippen LogP contribution in [-0.2, 0) is 4.74 Å². The minimum Gasteiger partial charge on any atom is -0.444 e. The van der Waals surface area contributed by atoms with Crippen LogP contribution in [0, 0.1) is 22.0 Å². The Hall–Kier alpha value is -3.08. The number of hydrogen-bond acceptors (Lipinski definition) is 5. The first-order valence-corrected chi connectivity index (χ1v) is 7.33. The third kappa shape index (κ3) is 4.71. The summed E-state index contributed by atoms with van der Waals surface area (Å²) in [5.41, 5.74) is 0.441. The molecular weight excluding hydrogens is 312 g/mol. The Kier molecular flexibility index (Phi) is 5.04. The van der Waals surface area contributed by atoms with Gasteiger partial charge in [-0.15, -0.1) is 0 Å². The Bertz CT molecular complexity index is 824. The number of nitrogens with zero attached hydrogens (tertiary/aromatic N) is 2. The van der Waals surface area contributed by atoms with Gasteiger partial charge < -0.3 is 15.0 Å². The number of rotatable bonds is 3. The van der Waals surface area contributed by atoms with Crippen LogP contribution in [0.5, 0.6) is 0 Å². The molecule has 0 aromatic carbocycles. The lowest BCUT2D eigenvalue weighted by Crippen LogP contribution is -2.32. The smallest absolute Gasteiger partial charge is 0.407 e. The number of hydrogen-bond donors (Lipinski definition) is 2. The van der Waals surface area contributed by atoms with Crippen molar-refractivity contribution in [3.05, 3.63) is 34.1 Å². The number of amides is 1. The Morgan fingerprint density at radius 3 is 2.92 bits per heavy atom. The first-order valence-electron chi connectivity index (χ1n) is 7.33. The second kappa shape index (κ2) is 7.00. The Balaban J connectivity index is 1.94. The maximum atomic E-state index is 11.5. The second-order valence-electron chi connectivity index (χ2n) is 6.03. The predicted molar refractivity (Wildman–Crippen MR) is 88.5 cm³/mol. The molecular formula is C16H18N4O4. The van der Waals surface area contributed by atoms with Crippen LogP contribution in [0.4, 0.5) is 10.5 Å². The fraction of sp³-hybridized carbons (Fsp3) is 0.375. The molecule has 2 aromatic heterocycles. The van der Waals surface area contributed by atoms with Gasteiger partial charge in [0.05, 0.1) is 16.5 Å². The molecule has 2 rings (SSSR count). The van der Waals surface area contributed by atoms with E-state index in [1.165, 1.54) is 12.4 Å². The van der Waals surface area contributed by atoms with Crippen LogP contribution in [0.1, 0.15) is 32.8 Å². The number of aromatic amines is 1. The molecule has 126 valence electrons. The van der Waals surface area contributed by atoms with E-state index in [0.29, 0.717) is 29.6 Å². The summed E-state index contributed by atoms with van der Waals surface area (Å²) < 4.78 is 5.10. The highest BCUT2D eigenvalue weighted by Crippen LogP contribution is 2.23. The van der Waals surface area contributed by atoms with Crippen molar-refractivity contribution in [2.75, 3.05) is 6.54 Å². The Morgan fingerprint density at radius 1 is 1.50 bits per heavy atom. The normalized spacial score (nSPS) is 10.8. The molecule has 2 heterocycles. The number of aromatic nitrogens is 2. The summed E-state index contributed by atoms with van der Waals surface area (Å²) in [5.74, 6) is 5.76. The van der Waals surface area contributed by atoms with Crippen molar-refractivity contribution in [1.29, 1.82) is 0 Å². The number of H-pyrrole nitrogens is 1. The monoisotopic (exact) mass is 330 g/mol. The molecule has 8 nitrogen and oxygen atoms in total. The average molecular weight is 330 g/mol. The number of carbonyl (C=O) groups is 1. The zero-order valence-electron chi connectivity index (χ0n) is 13.7. The van der Waals surface area contributed by atoms with Crippen LogP contribution in [0.15, 0.2) is 18.5 Å². The molecule has 0 aliphatic carbocycles. The largest absolute Gasteiger partial charge is 0.444 e. The Morgan fingerprint density at radius 2 is 2.25 bits per heavy atom. The molecule has 1 amide bonds. The van der Waals surface area contributed by atoms with Crippen molar-refractivity contribution in [3.8, 4) is 11.8 Å². The van der Waals surface area contributed by atoms with E-state index in [2.05, 4.69) is 27.1 Å². The summed E-state index contributed by atoms with van der Waals surface area (Å²) in [4.78, 5) is 28.7. The van der Waals surface area contributed by atoms with Crippen molar-refractivity contribution in [3.63, 3.8) is 0 Å². The fourth-order valence-electron chi connectivity index (χ4n) is 1.91. The Labute approximate surface area is 138 Å². The van der Waals surface area contributed by atoms with Gasteiger partial charge in [-0.1, -0.05) is 11.8 Å². The third-order valence-corrected chi connectivity index (χ3v) is 2.86. The van der Waals surface area contributed by atoms with Crippen LogP contribution < -0.4 is 5.32 Å². The maximum absolute atomic E-state index is 11.5. The van der Waals surface area contributed by atoms with Crippen molar-refractivity contribution >= 4 is 22.8 Å². The summed E-state index contributed by atoms with van der Waals surface area (Å²) in [6, 6.07) is 1.62. The zero-order chi connectivity index (χ0) is 17.7. The molecule has 0 spiro atoms. The van der Waals surface area contributed by atoms with Crippen LogP contribution in [-0.4, -0.2) is 33.1 Å². The zero-order valence-corrected chi connectivity index (χ0v) is 13.7. The third-order valence-electron chi connectivity index (χ3n) is 2.86. The van der Waals surface area contributed by atoms with Crippen LogP contribution >= 0.6 is 0 Å². The lowest BCUT2D eigenvalue weighted by atomic mass is 10.2. The van der Waals surface area contributed by atoms with E-state index in [0.717, 1.165) is 0 Å². The summed E-state index contributed by atoms with van der Waals surface area (Å²) in [6.07, 6.45) is 2.78. The topological polar surface area (TPSA) is 110 Å². The van der Waals surface area contributed by atoms with Crippen molar-refractivity contribution in [2.24, 2.45) is 0 Å². The van der Waals surface area contributed by atoms with Crippen molar-refractivity contribution < 1.29 is 14.5 Å². The number of fused-ring (bicyclic) bond motifs is 1. The molecule has 0 radical (unpaired) electrons. The van der Waals surface area contributed by atoms with Crippen molar-refractivity contribution in [1.82, 2.24) is 15.3 Å². The van der Waals surface area contributed by atoms with Crippen LogP contribution in [0.2, 0.25) is 0 Å². The number of carbonyl (C=O) groups excluding carboxylic acids is 1. The van der Waals surface area contributed by atoms with E-state index in [9.17, 15) is 14.9 Å². The van der Waals surface area contributed by atoms with E-state index < -0.39 is 16.6 Å². The highest BCUT2D eigenvalue weighted by Gasteiger charge is 2.15. The summed E-state index contributed by atoms with van der Waals surface area (Å²) in [6.45, 7) is 5.71. The summed E-state index contributed by atoms with van der Waals surface area (Å²) in [5, 5.41) is 13.9. The van der Waals surface area contributed by atoms with E-state index in [1.807, 2.05) is 0 Å². The van der Waals surface area contributed by atoms with Crippen LogP contribution in [0.25, 0.3) is 11.0 Å². The molecule has 24 heavy (non-hydrogen) atoms. The lowest BCUT2D eigenvalue weighted by molar-refractivity contribution is -0.383. The van der Waals surface area contributed by atoms with Gasteiger partial charge in [-0.05, 0) is 26.8 Å². The van der Waals surface area contributed by atoms with Crippen LogP contribution in [0.3, 0.4) is 0 Å². The molecule has 8 heteroatoms. The SMILES string of the molecule is CC(C)(C)OC(=O)NCCC#Cc1cnc2[nH]cc([N+](=O)[O-])c2c1. The van der Waals surface area contributed by atoms with E-state index >= 15 is 0 Å². The molecule has 0 bridgehead atoms. The lowest BCUT2D eigenvalue weighted by Gasteiger charge is -2.19. The minimum absolute atomic E-state index is 0.0345. The second-order valence-corrected chi connectivity index (χ2v) is 6.03. The van der Waals surface area contributed by atoms with Gasteiger partial charge in [0.15, 0.2) is 0 Å². The molecule has 0 saturated heterocycles. The highest BCUT2D eigenvalue weighted by molar-refractivity contribution is 5.86. The molecule has 2 N–H and O–H groups in total. The van der Waals surface area contributed by atoms with E-state index in [4.69, 9.17) is 4.74 Å². The molecule has 2 aromatic rings. The predicted octanol–water partition coefficient (Wildman–Crippen LogP) is 2.74. The maximum Gasteiger partial charge on any atom is 0.407 e. The molecule has 0 aliphatic heterocycles. The summed E-state index contributed by atoms with van der Waals surface area (Å²) in [7, 11) is 0. The van der Waals surface area contributed by atoms with Crippen molar-refractivity contribution in [2.45, 2.75) is 32.8 Å². The van der Waals surface area contributed by atoms with Gasteiger partial charge in [-0.25, -0.2) is 9.78 Å². The molecule has 0 saturated carbocycles. The van der Waals surface area contributed by atoms with Gasteiger partial charge in [-0.3, -0.25) is 10.1 Å². The quantitative estimate of drug-likeness (QED) is 0.389. The number of alkyl carbamates (subject to hydrolysis) is 1. The van der Waals surface area contributed by atoms with Gasteiger partial charge >= 0.3 is 6.09 Å². The number of nitrogens with one attached hydrogen (secondary N) is 2. The average Bonchev–Trinajstić information content (AvgIpc) is 2.88. The molecule has 0 unspecified atom stereocenters. The number of nitro groups is 1. The minimum atomic E-state index is -0.540.